The Morgan fingerprint density at radius 1 is 1.48 bits per heavy atom. The quantitative estimate of drug-likeness (QED) is 0.782. The molecule has 0 aliphatic rings. The van der Waals surface area contributed by atoms with E-state index in [1.165, 1.54) is 24.7 Å². The van der Waals surface area contributed by atoms with Gasteiger partial charge < -0.3 is 15.4 Å². The minimum Gasteiger partial charge on any atom is -0.480 e. The van der Waals surface area contributed by atoms with Gasteiger partial charge in [0.1, 0.15) is 11.9 Å². The largest absolute Gasteiger partial charge is 0.480 e. The zero-order valence-corrected chi connectivity index (χ0v) is 11.4. The number of rotatable bonds is 5. The molecular weight excluding hydrogens is 301 g/mol. The first kappa shape index (κ1) is 15.0. The molecule has 1 amide bonds. The fourth-order valence-electron chi connectivity index (χ4n) is 1.73. The number of aliphatic carboxylic acids is 1. The van der Waals surface area contributed by atoms with Crippen molar-refractivity contribution in [2.75, 3.05) is 0 Å². The second-order valence-corrected chi connectivity index (χ2v) is 4.71. The van der Waals surface area contributed by atoms with Crippen LogP contribution in [0, 0.1) is 5.82 Å². The van der Waals surface area contributed by atoms with Crippen molar-refractivity contribution in [3.05, 3.63) is 52.8 Å². The molecule has 2 rings (SSSR count). The molecule has 21 heavy (non-hydrogen) atoms. The van der Waals surface area contributed by atoms with Crippen LogP contribution < -0.4 is 5.32 Å². The number of carboxylic acids is 1. The highest BCUT2D eigenvalue weighted by Gasteiger charge is 2.23. The van der Waals surface area contributed by atoms with Gasteiger partial charge in [-0.3, -0.25) is 4.79 Å². The number of amides is 1. The molecule has 0 fully saturated rings. The normalized spacial score (nSPS) is 11.9. The minimum absolute atomic E-state index is 0.0102. The van der Waals surface area contributed by atoms with E-state index >= 15 is 0 Å². The number of aromatic amines is 1. The predicted octanol–water partition coefficient (Wildman–Crippen LogP) is 1.63. The third-order valence-corrected chi connectivity index (χ3v) is 2.99. The summed E-state index contributed by atoms with van der Waals surface area (Å²) in [7, 11) is 0. The maximum absolute atomic E-state index is 13.6. The summed E-state index contributed by atoms with van der Waals surface area (Å²) in [5.41, 5.74) is 0.273. The van der Waals surface area contributed by atoms with Gasteiger partial charge in [-0.15, -0.1) is 0 Å². The maximum Gasteiger partial charge on any atom is 0.326 e. The molecule has 0 saturated heterocycles. The Kier molecular flexibility index (Phi) is 4.54. The van der Waals surface area contributed by atoms with Crippen molar-refractivity contribution < 1.29 is 19.1 Å². The molecular formula is C13H11ClFN3O3. The van der Waals surface area contributed by atoms with Gasteiger partial charge in [-0.1, -0.05) is 11.6 Å². The van der Waals surface area contributed by atoms with E-state index in [1.807, 2.05) is 0 Å². The molecule has 3 N–H and O–H groups in total. The Labute approximate surface area is 124 Å². The molecule has 1 aromatic carbocycles. The molecule has 0 aliphatic heterocycles. The minimum atomic E-state index is -1.23. The Hall–Kier alpha value is -2.41. The van der Waals surface area contributed by atoms with Crippen molar-refractivity contribution in [2.45, 2.75) is 12.5 Å². The molecule has 1 unspecified atom stereocenters. The summed E-state index contributed by atoms with van der Waals surface area (Å²) >= 11 is 5.60. The van der Waals surface area contributed by atoms with Crippen LogP contribution in [-0.4, -0.2) is 33.0 Å². The van der Waals surface area contributed by atoms with Crippen LogP contribution in [0.2, 0.25) is 5.02 Å². The molecule has 1 aromatic heterocycles. The van der Waals surface area contributed by atoms with Gasteiger partial charge in [0.2, 0.25) is 0 Å². The number of aromatic nitrogens is 2. The van der Waals surface area contributed by atoms with Crippen molar-refractivity contribution in [1.29, 1.82) is 0 Å². The summed E-state index contributed by atoms with van der Waals surface area (Å²) in [4.78, 5) is 29.6. The standard InChI is InChI=1S/C13H11ClFN3O3/c14-7-1-2-9(10(15)3-7)12(19)18-11(13(20)21)4-8-5-16-6-17-8/h1-3,5-6,11H,4H2,(H,16,17)(H,18,19)(H,20,21). The number of benzene rings is 1. The number of carbonyl (C=O) groups excluding carboxylic acids is 1. The average Bonchev–Trinajstić information content (AvgIpc) is 2.90. The molecule has 1 atom stereocenters. The number of carboxylic acid groups (broad SMARTS) is 1. The first-order valence-corrected chi connectivity index (χ1v) is 6.31. The SMILES string of the molecule is O=C(NC(Cc1cnc[nH]1)C(=O)O)c1ccc(Cl)cc1F. The highest BCUT2D eigenvalue weighted by atomic mass is 35.5. The smallest absolute Gasteiger partial charge is 0.326 e. The Morgan fingerprint density at radius 3 is 2.81 bits per heavy atom. The van der Waals surface area contributed by atoms with Crippen LogP contribution in [0.4, 0.5) is 4.39 Å². The Morgan fingerprint density at radius 2 is 2.24 bits per heavy atom. The van der Waals surface area contributed by atoms with E-state index in [0.29, 0.717) is 5.69 Å². The summed E-state index contributed by atoms with van der Waals surface area (Å²) in [5.74, 6) is -2.87. The van der Waals surface area contributed by atoms with Crippen LogP contribution >= 0.6 is 11.6 Å². The summed E-state index contributed by atoms with van der Waals surface area (Å²) in [6.45, 7) is 0. The molecule has 110 valence electrons. The summed E-state index contributed by atoms with van der Waals surface area (Å²) in [6.07, 6.45) is 2.86. The van der Waals surface area contributed by atoms with Crippen LogP contribution in [0.15, 0.2) is 30.7 Å². The van der Waals surface area contributed by atoms with Crippen LogP contribution in [0.3, 0.4) is 0 Å². The van der Waals surface area contributed by atoms with Gasteiger partial charge in [0, 0.05) is 23.3 Å². The van der Waals surface area contributed by atoms with Gasteiger partial charge in [-0.05, 0) is 18.2 Å². The summed E-state index contributed by atoms with van der Waals surface area (Å²) in [6, 6.07) is 2.33. The van der Waals surface area contributed by atoms with E-state index in [4.69, 9.17) is 16.7 Å². The van der Waals surface area contributed by atoms with Crippen LogP contribution in [-0.2, 0) is 11.2 Å². The number of hydrogen-bond acceptors (Lipinski definition) is 3. The zero-order chi connectivity index (χ0) is 15.4. The van der Waals surface area contributed by atoms with Crippen LogP contribution in [0.5, 0.6) is 0 Å². The topological polar surface area (TPSA) is 95.1 Å². The van der Waals surface area contributed by atoms with Gasteiger partial charge in [0.05, 0.1) is 11.9 Å². The van der Waals surface area contributed by atoms with E-state index in [0.717, 1.165) is 6.07 Å². The molecule has 6 nitrogen and oxygen atoms in total. The van der Waals surface area contributed by atoms with Crippen molar-refractivity contribution >= 4 is 23.5 Å². The van der Waals surface area contributed by atoms with Crippen LogP contribution in [0.25, 0.3) is 0 Å². The number of halogens is 2. The number of nitrogens with one attached hydrogen (secondary N) is 2. The lowest BCUT2D eigenvalue weighted by atomic mass is 10.1. The monoisotopic (exact) mass is 311 g/mol. The first-order valence-electron chi connectivity index (χ1n) is 5.93. The zero-order valence-electron chi connectivity index (χ0n) is 10.6. The Bertz CT molecular complexity index is 661. The summed E-state index contributed by atoms with van der Waals surface area (Å²) < 4.78 is 13.6. The Balaban J connectivity index is 2.12. The molecule has 0 saturated carbocycles. The number of H-pyrrole nitrogens is 1. The van der Waals surface area contributed by atoms with Crippen molar-refractivity contribution in [1.82, 2.24) is 15.3 Å². The van der Waals surface area contributed by atoms with Gasteiger partial charge in [0.25, 0.3) is 5.91 Å². The lowest BCUT2D eigenvalue weighted by Crippen LogP contribution is -2.42. The van der Waals surface area contributed by atoms with E-state index in [1.54, 1.807) is 0 Å². The third-order valence-electron chi connectivity index (χ3n) is 2.76. The molecule has 2 aromatic rings. The molecule has 0 bridgehead atoms. The molecule has 0 aliphatic carbocycles. The summed E-state index contributed by atoms with van der Waals surface area (Å²) in [5, 5.41) is 11.5. The highest BCUT2D eigenvalue weighted by Crippen LogP contribution is 2.14. The fraction of sp³-hybridized carbons (Fsp3) is 0.154. The predicted molar refractivity (Wildman–Crippen MR) is 72.6 cm³/mol. The van der Waals surface area contributed by atoms with E-state index in [9.17, 15) is 14.0 Å². The molecule has 0 radical (unpaired) electrons. The van der Waals surface area contributed by atoms with Crippen molar-refractivity contribution in [3.8, 4) is 0 Å². The van der Waals surface area contributed by atoms with Gasteiger partial charge >= 0.3 is 5.97 Å². The molecule has 0 spiro atoms. The van der Waals surface area contributed by atoms with E-state index < -0.39 is 23.7 Å². The first-order chi connectivity index (χ1) is 9.97. The average molecular weight is 312 g/mol. The number of imidazole rings is 1. The lowest BCUT2D eigenvalue weighted by molar-refractivity contribution is -0.139. The van der Waals surface area contributed by atoms with Crippen molar-refractivity contribution in [2.24, 2.45) is 0 Å². The van der Waals surface area contributed by atoms with Gasteiger partial charge in [-0.2, -0.15) is 0 Å². The third kappa shape index (κ3) is 3.79. The highest BCUT2D eigenvalue weighted by molar-refractivity contribution is 6.30. The second kappa shape index (κ2) is 6.36. The lowest BCUT2D eigenvalue weighted by Gasteiger charge is -2.14. The fourth-order valence-corrected chi connectivity index (χ4v) is 1.88. The number of nitrogens with zero attached hydrogens (tertiary/aromatic N) is 1. The molecule has 1 heterocycles. The maximum atomic E-state index is 13.6. The van der Waals surface area contributed by atoms with Gasteiger partial charge in [-0.25, -0.2) is 14.2 Å². The number of carbonyl (C=O) groups is 2. The van der Waals surface area contributed by atoms with E-state index in [-0.39, 0.29) is 17.0 Å². The van der Waals surface area contributed by atoms with Crippen LogP contribution in [0.1, 0.15) is 16.1 Å². The van der Waals surface area contributed by atoms with E-state index in [2.05, 4.69) is 15.3 Å². The number of hydrogen-bond donors (Lipinski definition) is 3. The second-order valence-electron chi connectivity index (χ2n) is 4.27. The van der Waals surface area contributed by atoms with Gasteiger partial charge in [0.15, 0.2) is 0 Å². The van der Waals surface area contributed by atoms with Crippen molar-refractivity contribution in [3.63, 3.8) is 0 Å². The molecule has 8 heteroatoms.